The van der Waals surface area contributed by atoms with Crippen molar-refractivity contribution in [2.24, 2.45) is 0 Å². The van der Waals surface area contributed by atoms with Crippen molar-refractivity contribution < 1.29 is 8.42 Å². The Morgan fingerprint density at radius 2 is 2.12 bits per heavy atom. The van der Waals surface area contributed by atoms with Crippen molar-refractivity contribution in [3.63, 3.8) is 0 Å². The molecular weight excluding hydrogens is 236 g/mol. The van der Waals surface area contributed by atoms with Gasteiger partial charge in [0.05, 0.1) is 23.1 Å². The molecule has 4 nitrogen and oxygen atoms in total. The van der Waals surface area contributed by atoms with Gasteiger partial charge in [-0.25, -0.2) is 8.42 Å². The maximum absolute atomic E-state index is 11.7. The fourth-order valence-electron chi connectivity index (χ4n) is 1.35. The zero-order chi connectivity index (χ0) is 12.9. The van der Waals surface area contributed by atoms with Gasteiger partial charge in [-0.1, -0.05) is 19.4 Å². The van der Waals surface area contributed by atoms with Crippen LogP contribution < -0.4 is 4.72 Å². The topological polar surface area (TPSA) is 70.0 Å². The summed E-state index contributed by atoms with van der Waals surface area (Å²) in [5.74, 6) is 0.111. The molecule has 0 aromatic heterocycles. The lowest BCUT2D eigenvalue weighted by Gasteiger charge is -2.10. The van der Waals surface area contributed by atoms with E-state index in [2.05, 4.69) is 4.72 Å². The van der Waals surface area contributed by atoms with Crippen LogP contribution in [0.2, 0.25) is 0 Å². The summed E-state index contributed by atoms with van der Waals surface area (Å²) < 4.78 is 26.0. The van der Waals surface area contributed by atoms with Gasteiger partial charge in [-0.05, 0) is 31.0 Å². The SMILES string of the molecule is CCCCS(=O)(=O)Nc1cc(C#N)ccc1C. The Morgan fingerprint density at radius 1 is 1.41 bits per heavy atom. The third-order valence-corrected chi connectivity index (χ3v) is 3.76. The summed E-state index contributed by atoms with van der Waals surface area (Å²) in [6.07, 6.45) is 1.46. The van der Waals surface area contributed by atoms with E-state index in [4.69, 9.17) is 5.26 Å². The average Bonchev–Trinajstić information content (AvgIpc) is 2.29. The maximum Gasteiger partial charge on any atom is 0.232 e. The first kappa shape index (κ1) is 13.5. The van der Waals surface area contributed by atoms with Gasteiger partial charge in [0.1, 0.15) is 0 Å². The zero-order valence-corrected chi connectivity index (χ0v) is 10.8. The molecule has 92 valence electrons. The number of unbranched alkanes of at least 4 members (excludes halogenated alkanes) is 1. The minimum Gasteiger partial charge on any atom is -0.283 e. The van der Waals surface area contributed by atoms with Crippen molar-refractivity contribution in [1.82, 2.24) is 0 Å². The van der Waals surface area contributed by atoms with Crippen LogP contribution in [-0.4, -0.2) is 14.2 Å². The Labute approximate surface area is 102 Å². The molecule has 0 fully saturated rings. The van der Waals surface area contributed by atoms with Crippen molar-refractivity contribution >= 4 is 15.7 Å². The predicted octanol–water partition coefficient (Wildman–Crippen LogP) is 2.41. The predicted molar refractivity (Wildman–Crippen MR) is 68.2 cm³/mol. The second-order valence-corrected chi connectivity index (χ2v) is 5.76. The fraction of sp³-hybridized carbons (Fsp3) is 0.417. The van der Waals surface area contributed by atoms with E-state index in [0.29, 0.717) is 17.7 Å². The van der Waals surface area contributed by atoms with Crippen LogP contribution in [0.15, 0.2) is 18.2 Å². The molecule has 17 heavy (non-hydrogen) atoms. The number of rotatable bonds is 5. The highest BCUT2D eigenvalue weighted by Crippen LogP contribution is 2.18. The first-order chi connectivity index (χ1) is 7.98. The molecular formula is C12H16N2O2S. The number of nitriles is 1. The minimum atomic E-state index is -3.30. The number of benzene rings is 1. The van der Waals surface area contributed by atoms with Gasteiger partial charge in [-0.3, -0.25) is 4.72 Å². The van der Waals surface area contributed by atoms with Crippen LogP contribution >= 0.6 is 0 Å². The molecule has 0 aliphatic rings. The third kappa shape index (κ3) is 4.08. The van der Waals surface area contributed by atoms with E-state index < -0.39 is 10.0 Å². The summed E-state index contributed by atoms with van der Waals surface area (Å²) in [6, 6.07) is 6.94. The van der Waals surface area contributed by atoms with E-state index in [-0.39, 0.29) is 5.75 Å². The largest absolute Gasteiger partial charge is 0.283 e. The molecule has 0 aliphatic carbocycles. The lowest BCUT2D eigenvalue weighted by molar-refractivity contribution is 0.598. The van der Waals surface area contributed by atoms with Crippen LogP contribution in [-0.2, 0) is 10.0 Å². The molecule has 0 saturated carbocycles. The number of aryl methyl sites for hydroxylation is 1. The van der Waals surface area contributed by atoms with Crippen LogP contribution in [0.3, 0.4) is 0 Å². The van der Waals surface area contributed by atoms with Gasteiger partial charge in [-0.2, -0.15) is 5.26 Å². The van der Waals surface area contributed by atoms with Crippen molar-refractivity contribution in [3.05, 3.63) is 29.3 Å². The van der Waals surface area contributed by atoms with Gasteiger partial charge < -0.3 is 0 Å². The molecule has 1 aromatic carbocycles. The van der Waals surface area contributed by atoms with Gasteiger partial charge >= 0.3 is 0 Å². The van der Waals surface area contributed by atoms with Crippen LogP contribution in [0.4, 0.5) is 5.69 Å². The summed E-state index contributed by atoms with van der Waals surface area (Å²) in [5, 5.41) is 8.77. The van der Waals surface area contributed by atoms with E-state index in [1.807, 2.05) is 13.0 Å². The molecule has 1 N–H and O–H groups in total. The van der Waals surface area contributed by atoms with Gasteiger partial charge in [0.2, 0.25) is 10.0 Å². The molecule has 0 heterocycles. The van der Waals surface area contributed by atoms with E-state index in [0.717, 1.165) is 12.0 Å². The highest BCUT2D eigenvalue weighted by Gasteiger charge is 2.11. The molecule has 1 aromatic rings. The highest BCUT2D eigenvalue weighted by atomic mass is 32.2. The number of nitrogens with one attached hydrogen (secondary N) is 1. The Bertz CT molecular complexity index is 530. The van der Waals surface area contributed by atoms with Crippen LogP contribution in [0.25, 0.3) is 0 Å². The Hall–Kier alpha value is -1.54. The summed E-state index contributed by atoms with van der Waals surface area (Å²) in [5.41, 5.74) is 1.74. The molecule has 1 rings (SSSR count). The second kappa shape index (κ2) is 5.69. The molecule has 0 spiro atoms. The summed E-state index contributed by atoms with van der Waals surface area (Å²) in [7, 11) is -3.30. The maximum atomic E-state index is 11.7. The van der Waals surface area contributed by atoms with Gasteiger partial charge in [-0.15, -0.1) is 0 Å². The smallest absolute Gasteiger partial charge is 0.232 e. The minimum absolute atomic E-state index is 0.111. The quantitative estimate of drug-likeness (QED) is 0.874. The van der Waals surface area contributed by atoms with Gasteiger partial charge in [0, 0.05) is 0 Å². The molecule has 0 unspecified atom stereocenters. The lowest BCUT2D eigenvalue weighted by Crippen LogP contribution is -2.17. The third-order valence-electron chi connectivity index (χ3n) is 2.40. The number of anilines is 1. The Kier molecular flexibility index (Phi) is 4.53. The van der Waals surface area contributed by atoms with Gasteiger partial charge in [0.15, 0.2) is 0 Å². The Morgan fingerprint density at radius 3 is 2.71 bits per heavy atom. The van der Waals surface area contributed by atoms with E-state index in [1.165, 1.54) is 0 Å². The molecule has 0 radical (unpaired) electrons. The molecule has 5 heteroatoms. The number of hydrogen-bond acceptors (Lipinski definition) is 3. The molecule has 0 saturated heterocycles. The normalized spacial score (nSPS) is 10.9. The molecule has 0 aliphatic heterocycles. The highest BCUT2D eigenvalue weighted by molar-refractivity contribution is 7.92. The number of nitrogens with zero attached hydrogens (tertiary/aromatic N) is 1. The van der Waals surface area contributed by atoms with Crippen molar-refractivity contribution in [3.8, 4) is 6.07 Å². The van der Waals surface area contributed by atoms with Crippen molar-refractivity contribution in [1.29, 1.82) is 5.26 Å². The monoisotopic (exact) mass is 252 g/mol. The van der Waals surface area contributed by atoms with Crippen molar-refractivity contribution in [2.75, 3.05) is 10.5 Å². The first-order valence-electron chi connectivity index (χ1n) is 5.49. The average molecular weight is 252 g/mol. The molecule has 0 bridgehead atoms. The molecule has 0 atom stereocenters. The zero-order valence-electron chi connectivity index (χ0n) is 10.0. The van der Waals surface area contributed by atoms with Crippen LogP contribution in [0, 0.1) is 18.3 Å². The van der Waals surface area contributed by atoms with Crippen LogP contribution in [0.1, 0.15) is 30.9 Å². The van der Waals surface area contributed by atoms with E-state index >= 15 is 0 Å². The van der Waals surface area contributed by atoms with Crippen LogP contribution in [0.5, 0.6) is 0 Å². The number of sulfonamides is 1. The van der Waals surface area contributed by atoms with Gasteiger partial charge in [0.25, 0.3) is 0 Å². The fourth-order valence-corrected chi connectivity index (χ4v) is 2.68. The molecule has 0 amide bonds. The standard InChI is InChI=1S/C12H16N2O2S/c1-3-4-7-17(15,16)14-12-8-11(9-13)6-5-10(12)2/h5-6,8,14H,3-4,7H2,1-2H3. The summed E-state index contributed by atoms with van der Waals surface area (Å²) >= 11 is 0. The first-order valence-corrected chi connectivity index (χ1v) is 7.15. The summed E-state index contributed by atoms with van der Waals surface area (Å²) in [4.78, 5) is 0. The van der Waals surface area contributed by atoms with Crippen molar-refractivity contribution in [2.45, 2.75) is 26.7 Å². The summed E-state index contributed by atoms with van der Waals surface area (Å²) in [6.45, 7) is 3.75. The number of hydrogen-bond donors (Lipinski definition) is 1. The Balaban J connectivity index is 2.91. The second-order valence-electron chi connectivity index (χ2n) is 3.92. The lowest BCUT2D eigenvalue weighted by atomic mass is 10.1. The van der Waals surface area contributed by atoms with E-state index in [1.54, 1.807) is 25.1 Å². The van der Waals surface area contributed by atoms with E-state index in [9.17, 15) is 8.42 Å².